The van der Waals surface area contributed by atoms with E-state index in [1.807, 2.05) is 7.05 Å². The van der Waals surface area contributed by atoms with E-state index in [0.717, 1.165) is 12.8 Å². The molecule has 0 saturated carbocycles. The highest BCUT2D eigenvalue weighted by atomic mass is 35.5. The SMILES string of the molecule is CNC1CCCN(C(=O)c2ccc(SC(F)(F)F)cc2)C1.Cl. The van der Waals surface area contributed by atoms with E-state index in [4.69, 9.17) is 0 Å². The average molecular weight is 355 g/mol. The molecule has 0 bridgehead atoms. The quantitative estimate of drug-likeness (QED) is 0.843. The van der Waals surface area contributed by atoms with Crippen LogP contribution in [0.15, 0.2) is 29.2 Å². The van der Waals surface area contributed by atoms with Gasteiger partial charge in [0.05, 0.1) is 0 Å². The number of hydrogen-bond donors (Lipinski definition) is 1. The Balaban J connectivity index is 0.00000242. The van der Waals surface area contributed by atoms with Gasteiger partial charge in [-0.15, -0.1) is 12.4 Å². The largest absolute Gasteiger partial charge is 0.446 e. The smallest absolute Gasteiger partial charge is 0.337 e. The molecule has 0 aliphatic carbocycles. The molecular weight excluding hydrogens is 337 g/mol. The highest BCUT2D eigenvalue weighted by Gasteiger charge is 2.29. The molecule has 1 aromatic carbocycles. The monoisotopic (exact) mass is 354 g/mol. The lowest BCUT2D eigenvalue weighted by Gasteiger charge is -2.32. The van der Waals surface area contributed by atoms with Crippen molar-refractivity contribution in [2.24, 2.45) is 0 Å². The van der Waals surface area contributed by atoms with Crippen molar-refractivity contribution in [1.82, 2.24) is 10.2 Å². The summed E-state index contributed by atoms with van der Waals surface area (Å²) in [6, 6.07) is 5.87. The number of benzene rings is 1. The zero-order valence-corrected chi connectivity index (χ0v) is 13.7. The Morgan fingerprint density at radius 3 is 2.50 bits per heavy atom. The number of carbonyl (C=O) groups is 1. The van der Waals surface area contributed by atoms with Gasteiger partial charge >= 0.3 is 5.51 Å². The number of amides is 1. The summed E-state index contributed by atoms with van der Waals surface area (Å²) in [4.78, 5) is 14.2. The number of nitrogens with zero attached hydrogens (tertiary/aromatic N) is 1. The van der Waals surface area contributed by atoms with Crippen molar-refractivity contribution in [2.75, 3.05) is 20.1 Å². The number of alkyl halides is 3. The molecule has 3 nitrogen and oxygen atoms in total. The Bertz CT molecular complexity index is 496. The van der Waals surface area contributed by atoms with Gasteiger partial charge in [-0.2, -0.15) is 13.2 Å². The summed E-state index contributed by atoms with van der Waals surface area (Å²) in [6.07, 6.45) is 1.96. The molecular formula is C14H18ClF3N2OS. The van der Waals surface area contributed by atoms with E-state index in [9.17, 15) is 18.0 Å². The molecule has 1 saturated heterocycles. The zero-order chi connectivity index (χ0) is 15.5. The second-order valence-corrected chi connectivity index (χ2v) is 6.09. The fraction of sp³-hybridized carbons (Fsp3) is 0.500. The van der Waals surface area contributed by atoms with Crippen molar-refractivity contribution in [3.8, 4) is 0 Å². The minimum absolute atomic E-state index is 0. The van der Waals surface area contributed by atoms with Crippen LogP contribution in [0.25, 0.3) is 0 Å². The van der Waals surface area contributed by atoms with Gasteiger partial charge in [-0.05, 0) is 55.9 Å². The summed E-state index contributed by atoms with van der Waals surface area (Å²) >= 11 is -0.174. The first-order valence-electron chi connectivity index (χ1n) is 6.71. The van der Waals surface area contributed by atoms with Crippen LogP contribution in [0.2, 0.25) is 0 Å². The molecule has 22 heavy (non-hydrogen) atoms. The molecule has 1 aliphatic heterocycles. The van der Waals surface area contributed by atoms with Crippen molar-refractivity contribution in [2.45, 2.75) is 29.3 Å². The van der Waals surface area contributed by atoms with Gasteiger partial charge in [0.2, 0.25) is 0 Å². The Hall–Kier alpha value is -0.920. The minimum atomic E-state index is -4.31. The third-order valence-electron chi connectivity index (χ3n) is 3.45. The molecule has 0 aromatic heterocycles. The van der Waals surface area contributed by atoms with Gasteiger partial charge in [0.25, 0.3) is 5.91 Å². The molecule has 8 heteroatoms. The molecule has 1 unspecified atom stereocenters. The molecule has 1 fully saturated rings. The number of nitrogens with one attached hydrogen (secondary N) is 1. The molecule has 0 radical (unpaired) electrons. The van der Waals surface area contributed by atoms with Crippen molar-refractivity contribution < 1.29 is 18.0 Å². The maximum absolute atomic E-state index is 12.3. The lowest BCUT2D eigenvalue weighted by atomic mass is 10.0. The number of thioether (sulfide) groups is 1. The van der Waals surface area contributed by atoms with E-state index in [1.54, 1.807) is 4.90 Å². The summed E-state index contributed by atoms with van der Waals surface area (Å²) in [5, 5.41) is 3.15. The second-order valence-electron chi connectivity index (χ2n) is 4.95. The number of halogens is 4. The molecule has 1 atom stereocenters. The van der Waals surface area contributed by atoms with Crippen molar-refractivity contribution in [1.29, 1.82) is 0 Å². The van der Waals surface area contributed by atoms with Crippen LogP contribution in [0.1, 0.15) is 23.2 Å². The van der Waals surface area contributed by atoms with Crippen molar-refractivity contribution in [3.05, 3.63) is 29.8 Å². The average Bonchev–Trinajstić information content (AvgIpc) is 2.46. The standard InChI is InChI=1S/C14H17F3N2OS.ClH/c1-18-11-3-2-8-19(9-11)13(20)10-4-6-12(7-5-10)21-14(15,16)17;/h4-7,11,18H,2-3,8-9H2,1H3;1H. The lowest BCUT2D eigenvalue weighted by molar-refractivity contribution is -0.0328. The molecule has 1 aliphatic rings. The number of likely N-dealkylation sites (N-methyl/N-ethyl adjacent to an activating group) is 1. The summed E-state index contributed by atoms with van der Waals surface area (Å²) in [5.74, 6) is -0.126. The Labute approximate surface area is 138 Å². The Kier molecular flexibility index (Phi) is 7.02. The van der Waals surface area contributed by atoms with E-state index in [2.05, 4.69) is 5.32 Å². The fourth-order valence-corrected chi connectivity index (χ4v) is 2.92. The normalized spacial score (nSPS) is 18.7. The first-order valence-corrected chi connectivity index (χ1v) is 7.53. The van der Waals surface area contributed by atoms with E-state index in [1.165, 1.54) is 24.3 Å². The lowest BCUT2D eigenvalue weighted by Crippen LogP contribution is -2.46. The van der Waals surface area contributed by atoms with E-state index in [-0.39, 0.29) is 41.0 Å². The van der Waals surface area contributed by atoms with Crippen molar-refractivity contribution in [3.63, 3.8) is 0 Å². The highest BCUT2D eigenvalue weighted by Crippen LogP contribution is 2.36. The summed E-state index contributed by atoms with van der Waals surface area (Å²) in [7, 11) is 1.86. The third kappa shape index (κ3) is 5.37. The summed E-state index contributed by atoms with van der Waals surface area (Å²) in [5.41, 5.74) is -3.88. The first-order chi connectivity index (χ1) is 9.89. The molecule has 1 amide bonds. The minimum Gasteiger partial charge on any atom is -0.337 e. The molecule has 0 spiro atoms. The third-order valence-corrected chi connectivity index (χ3v) is 4.19. The van der Waals surface area contributed by atoms with Crippen LogP contribution in [0, 0.1) is 0 Å². The predicted octanol–water partition coefficient (Wildman–Crippen LogP) is 3.54. The van der Waals surface area contributed by atoms with Gasteiger partial charge in [0, 0.05) is 29.6 Å². The second kappa shape index (κ2) is 8.08. The van der Waals surface area contributed by atoms with Gasteiger partial charge in [-0.1, -0.05) is 0 Å². The van der Waals surface area contributed by atoms with Crippen LogP contribution in [-0.4, -0.2) is 42.5 Å². The van der Waals surface area contributed by atoms with Gasteiger partial charge in [0.1, 0.15) is 0 Å². The molecule has 1 aromatic rings. The number of piperidine rings is 1. The predicted molar refractivity (Wildman–Crippen MR) is 83.6 cm³/mol. The Morgan fingerprint density at radius 1 is 1.32 bits per heavy atom. The van der Waals surface area contributed by atoms with Crippen LogP contribution in [0.4, 0.5) is 13.2 Å². The number of rotatable bonds is 3. The van der Waals surface area contributed by atoms with Crippen LogP contribution in [0.3, 0.4) is 0 Å². The molecule has 2 rings (SSSR count). The van der Waals surface area contributed by atoms with E-state index >= 15 is 0 Å². The molecule has 1 N–H and O–H groups in total. The van der Waals surface area contributed by atoms with Crippen LogP contribution in [-0.2, 0) is 0 Å². The van der Waals surface area contributed by atoms with Gasteiger partial charge in [0.15, 0.2) is 0 Å². The molecule has 124 valence electrons. The fourth-order valence-electron chi connectivity index (χ4n) is 2.38. The van der Waals surface area contributed by atoms with Gasteiger partial charge < -0.3 is 10.2 Å². The topological polar surface area (TPSA) is 32.3 Å². The van der Waals surface area contributed by atoms with Crippen LogP contribution in [0.5, 0.6) is 0 Å². The number of hydrogen-bond acceptors (Lipinski definition) is 3. The maximum atomic E-state index is 12.3. The summed E-state index contributed by atoms with van der Waals surface area (Å²) < 4.78 is 36.8. The zero-order valence-electron chi connectivity index (χ0n) is 12.0. The molecule has 1 heterocycles. The van der Waals surface area contributed by atoms with Gasteiger partial charge in [-0.25, -0.2) is 0 Å². The Morgan fingerprint density at radius 2 is 1.95 bits per heavy atom. The highest BCUT2D eigenvalue weighted by molar-refractivity contribution is 8.00. The van der Waals surface area contributed by atoms with Crippen LogP contribution >= 0.6 is 24.2 Å². The summed E-state index contributed by atoms with van der Waals surface area (Å²) in [6.45, 7) is 1.32. The maximum Gasteiger partial charge on any atom is 0.446 e. The van der Waals surface area contributed by atoms with Crippen LogP contribution < -0.4 is 5.32 Å². The van der Waals surface area contributed by atoms with Gasteiger partial charge in [-0.3, -0.25) is 4.79 Å². The number of carbonyl (C=O) groups excluding carboxylic acids is 1. The van der Waals surface area contributed by atoms with Crippen molar-refractivity contribution >= 4 is 30.1 Å². The number of likely N-dealkylation sites (tertiary alicyclic amines) is 1. The van der Waals surface area contributed by atoms with E-state index < -0.39 is 5.51 Å². The van der Waals surface area contributed by atoms with E-state index in [0.29, 0.717) is 18.7 Å². The first kappa shape index (κ1) is 19.1.